The summed E-state index contributed by atoms with van der Waals surface area (Å²) in [5, 5.41) is 11.8. The number of nitrogens with zero attached hydrogens (tertiary/aromatic N) is 3. The van der Waals surface area contributed by atoms with Gasteiger partial charge in [0.05, 0.1) is 0 Å². The number of aryl methyl sites for hydroxylation is 1. The van der Waals surface area contributed by atoms with Crippen LogP contribution in [0.5, 0.6) is 0 Å². The van der Waals surface area contributed by atoms with Crippen LogP contribution in [0.3, 0.4) is 0 Å². The zero-order valence-corrected chi connectivity index (χ0v) is 16.2. The molecule has 0 aliphatic heterocycles. The summed E-state index contributed by atoms with van der Waals surface area (Å²) in [5.74, 6) is 0.853. The smallest absolute Gasteiger partial charge is 0.247 e. The van der Waals surface area contributed by atoms with Gasteiger partial charge < -0.3 is 11.1 Å². The number of anilines is 2. The average Bonchev–Trinajstić information content (AvgIpc) is 3.04. The Morgan fingerprint density at radius 3 is 2.56 bits per heavy atom. The van der Waals surface area contributed by atoms with Crippen LogP contribution in [-0.4, -0.2) is 20.7 Å². The van der Waals surface area contributed by atoms with Gasteiger partial charge in [-0.1, -0.05) is 67.2 Å². The molecular formula is C20H23N5OS. The average molecular weight is 382 g/mol. The monoisotopic (exact) mass is 381 g/mol. The Bertz CT molecular complexity index is 910. The molecule has 1 atom stereocenters. The number of carbonyl (C=O) groups excluding carboxylic acids is 1. The van der Waals surface area contributed by atoms with E-state index in [1.165, 1.54) is 17.3 Å². The number of benzene rings is 2. The molecular weight excluding hydrogens is 358 g/mol. The lowest BCUT2D eigenvalue weighted by Crippen LogP contribution is -2.27. The van der Waals surface area contributed by atoms with Crippen LogP contribution in [0.15, 0.2) is 59.8 Å². The second kappa shape index (κ2) is 8.73. The van der Waals surface area contributed by atoms with Crippen molar-refractivity contribution < 1.29 is 4.79 Å². The molecule has 0 radical (unpaired) electrons. The van der Waals surface area contributed by atoms with E-state index in [2.05, 4.69) is 27.6 Å². The van der Waals surface area contributed by atoms with E-state index in [0.717, 1.165) is 17.0 Å². The summed E-state index contributed by atoms with van der Waals surface area (Å²) in [6.45, 7) is 3.91. The van der Waals surface area contributed by atoms with E-state index in [1.807, 2.05) is 56.3 Å². The molecule has 1 heterocycles. The molecule has 0 saturated heterocycles. The number of para-hydroxylation sites is 1. The molecule has 0 spiro atoms. The third-order valence-electron chi connectivity index (χ3n) is 4.31. The summed E-state index contributed by atoms with van der Waals surface area (Å²) in [6, 6.07) is 17.3. The maximum absolute atomic E-state index is 12.9. The van der Waals surface area contributed by atoms with Crippen LogP contribution in [0, 0.1) is 6.92 Å². The van der Waals surface area contributed by atoms with Crippen LogP contribution in [0.2, 0.25) is 0 Å². The van der Waals surface area contributed by atoms with Crippen molar-refractivity contribution in [3.8, 4) is 0 Å². The van der Waals surface area contributed by atoms with Crippen LogP contribution >= 0.6 is 11.8 Å². The second-order valence-electron chi connectivity index (χ2n) is 6.21. The number of amides is 1. The molecule has 1 aromatic heterocycles. The molecule has 3 rings (SSSR count). The van der Waals surface area contributed by atoms with Gasteiger partial charge in [0.25, 0.3) is 0 Å². The van der Waals surface area contributed by atoms with Gasteiger partial charge in [-0.05, 0) is 30.5 Å². The molecule has 7 heteroatoms. The SMILES string of the molecule is CCC(C(=O)Nc1ccccc1C)n1c(N)nnc1SCc1ccccc1. The number of carbonyl (C=O) groups is 1. The molecule has 1 amide bonds. The van der Waals surface area contributed by atoms with Crippen LogP contribution in [0.25, 0.3) is 0 Å². The van der Waals surface area contributed by atoms with Crippen molar-refractivity contribution in [1.29, 1.82) is 0 Å². The molecule has 0 bridgehead atoms. The molecule has 0 saturated carbocycles. The Hall–Kier alpha value is -2.80. The Kier molecular flexibility index (Phi) is 6.13. The highest BCUT2D eigenvalue weighted by molar-refractivity contribution is 7.98. The Morgan fingerprint density at radius 2 is 1.85 bits per heavy atom. The third kappa shape index (κ3) is 4.49. The first kappa shape index (κ1) is 19.0. The minimum absolute atomic E-state index is 0.125. The summed E-state index contributed by atoms with van der Waals surface area (Å²) in [7, 11) is 0. The molecule has 6 nitrogen and oxygen atoms in total. The van der Waals surface area contributed by atoms with Gasteiger partial charge in [-0.25, -0.2) is 0 Å². The van der Waals surface area contributed by atoms with Crippen molar-refractivity contribution >= 4 is 29.3 Å². The van der Waals surface area contributed by atoms with Gasteiger partial charge in [-0.2, -0.15) is 0 Å². The molecule has 1 unspecified atom stereocenters. The van der Waals surface area contributed by atoms with Crippen LogP contribution in [0.4, 0.5) is 11.6 Å². The van der Waals surface area contributed by atoms with E-state index in [-0.39, 0.29) is 11.9 Å². The number of hydrogen-bond donors (Lipinski definition) is 2. The number of aromatic nitrogens is 3. The number of nitrogens with two attached hydrogens (primary N) is 1. The van der Waals surface area contributed by atoms with E-state index in [1.54, 1.807) is 4.57 Å². The topological polar surface area (TPSA) is 85.8 Å². The minimum Gasteiger partial charge on any atom is -0.368 e. The van der Waals surface area contributed by atoms with Gasteiger partial charge in [0.15, 0.2) is 5.16 Å². The first-order chi connectivity index (χ1) is 13.1. The molecule has 0 aliphatic rings. The molecule has 0 fully saturated rings. The van der Waals surface area contributed by atoms with E-state index >= 15 is 0 Å². The lowest BCUT2D eigenvalue weighted by Gasteiger charge is -2.19. The van der Waals surface area contributed by atoms with E-state index in [9.17, 15) is 4.79 Å². The number of nitrogen functional groups attached to an aromatic ring is 1. The maximum Gasteiger partial charge on any atom is 0.247 e. The zero-order valence-electron chi connectivity index (χ0n) is 15.4. The lowest BCUT2D eigenvalue weighted by molar-refractivity contribution is -0.119. The highest BCUT2D eigenvalue weighted by Gasteiger charge is 2.25. The van der Waals surface area contributed by atoms with Crippen molar-refractivity contribution in [3.63, 3.8) is 0 Å². The normalized spacial score (nSPS) is 11.9. The van der Waals surface area contributed by atoms with Gasteiger partial charge in [0.2, 0.25) is 11.9 Å². The first-order valence-corrected chi connectivity index (χ1v) is 9.82. The second-order valence-corrected chi connectivity index (χ2v) is 7.16. The van der Waals surface area contributed by atoms with Crippen LogP contribution in [-0.2, 0) is 10.5 Å². The molecule has 3 aromatic rings. The predicted octanol–water partition coefficient (Wildman–Crippen LogP) is 4.05. The highest BCUT2D eigenvalue weighted by atomic mass is 32.2. The maximum atomic E-state index is 12.9. The number of hydrogen-bond acceptors (Lipinski definition) is 5. The van der Waals surface area contributed by atoms with Gasteiger partial charge in [-0.3, -0.25) is 9.36 Å². The number of thioether (sulfide) groups is 1. The highest BCUT2D eigenvalue weighted by Crippen LogP contribution is 2.28. The zero-order chi connectivity index (χ0) is 19.2. The Morgan fingerprint density at radius 1 is 1.15 bits per heavy atom. The fourth-order valence-electron chi connectivity index (χ4n) is 2.82. The first-order valence-electron chi connectivity index (χ1n) is 8.83. The summed E-state index contributed by atoms with van der Waals surface area (Å²) < 4.78 is 1.72. The molecule has 0 aliphatic carbocycles. The van der Waals surface area contributed by atoms with Crippen molar-refractivity contribution in [2.24, 2.45) is 0 Å². The van der Waals surface area contributed by atoms with Gasteiger partial charge in [0.1, 0.15) is 6.04 Å². The van der Waals surface area contributed by atoms with Crippen molar-refractivity contribution in [1.82, 2.24) is 14.8 Å². The summed E-state index contributed by atoms with van der Waals surface area (Å²) in [4.78, 5) is 12.9. The minimum atomic E-state index is -0.474. The number of nitrogens with one attached hydrogen (secondary N) is 1. The summed E-state index contributed by atoms with van der Waals surface area (Å²) >= 11 is 1.52. The Balaban J connectivity index is 1.79. The van der Waals surface area contributed by atoms with E-state index < -0.39 is 6.04 Å². The van der Waals surface area contributed by atoms with Crippen molar-refractivity contribution in [2.75, 3.05) is 11.1 Å². The summed E-state index contributed by atoms with van der Waals surface area (Å²) in [6.07, 6.45) is 0.582. The largest absolute Gasteiger partial charge is 0.368 e. The third-order valence-corrected chi connectivity index (χ3v) is 5.32. The quantitative estimate of drug-likeness (QED) is 0.603. The van der Waals surface area contributed by atoms with Crippen LogP contribution < -0.4 is 11.1 Å². The van der Waals surface area contributed by atoms with Crippen LogP contribution in [0.1, 0.15) is 30.5 Å². The fraction of sp³-hybridized carbons (Fsp3) is 0.250. The molecule has 3 N–H and O–H groups in total. The van der Waals surface area contributed by atoms with Gasteiger partial charge in [-0.15, -0.1) is 10.2 Å². The van der Waals surface area contributed by atoms with Gasteiger partial charge in [0, 0.05) is 11.4 Å². The van der Waals surface area contributed by atoms with Gasteiger partial charge >= 0.3 is 0 Å². The molecule has 140 valence electrons. The molecule has 27 heavy (non-hydrogen) atoms. The Labute approximate surface area is 163 Å². The standard InChI is InChI=1S/C20H23N5OS/c1-3-17(18(26)22-16-12-8-7-9-14(16)2)25-19(21)23-24-20(25)27-13-15-10-5-4-6-11-15/h4-12,17H,3,13H2,1-2H3,(H2,21,23)(H,22,26). The van der Waals surface area contributed by atoms with E-state index in [4.69, 9.17) is 5.73 Å². The van der Waals surface area contributed by atoms with Crippen molar-refractivity contribution in [3.05, 3.63) is 65.7 Å². The molecule has 2 aromatic carbocycles. The van der Waals surface area contributed by atoms with E-state index in [0.29, 0.717) is 11.6 Å². The van der Waals surface area contributed by atoms with Crippen molar-refractivity contribution in [2.45, 2.75) is 37.2 Å². The lowest BCUT2D eigenvalue weighted by atomic mass is 10.1. The fourth-order valence-corrected chi connectivity index (χ4v) is 3.76. The summed E-state index contributed by atoms with van der Waals surface area (Å²) in [5.41, 5.74) is 9.03. The number of rotatable bonds is 7. The predicted molar refractivity (Wildman–Crippen MR) is 110 cm³/mol.